The molecule has 1 aliphatic carbocycles. The Balaban J connectivity index is 1.93. The fourth-order valence-electron chi connectivity index (χ4n) is 2.69. The second-order valence-electron chi connectivity index (χ2n) is 5.37. The number of aromatic nitrogens is 2. The van der Waals surface area contributed by atoms with Gasteiger partial charge in [0, 0.05) is 19.4 Å². The molecular formula is C15H18N2O2. The van der Waals surface area contributed by atoms with Gasteiger partial charge in [0.25, 0.3) is 0 Å². The maximum atomic E-state index is 10.6. The number of rotatable bonds is 4. The van der Waals surface area contributed by atoms with Crippen LogP contribution in [0.15, 0.2) is 18.2 Å². The van der Waals surface area contributed by atoms with Crippen molar-refractivity contribution in [2.24, 2.45) is 7.05 Å². The van der Waals surface area contributed by atoms with E-state index in [1.807, 2.05) is 12.1 Å². The van der Waals surface area contributed by atoms with Gasteiger partial charge in [0.05, 0.1) is 11.0 Å². The molecular weight excluding hydrogens is 240 g/mol. The van der Waals surface area contributed by atoms with Crippen molar-refractivity contribution in [3.8, 4) is 0 Å². The molecule has 1 aromatic carbocycles. The Labute approximate surface area is 112 Å². The number of nitrogens with zero attached hydrogens (tertiary/aromatic N) is 2. The molecule has 100 valence electrons. The zero-order valence-electron chi connectivity index (χ0n) is 11.1. The van der Waals surface area contributed by atoms with E-state index in [0.717, 1.165) is 16.6 Å². The Morgan fingerprint density at radius 3 is 2.89 bits per heavy atom. The molecule has 4 nitrogen and oxygen atoms in total. The van der Waals surface area contributed by atoms with E-state index in [0.29, 0.717) is 12.3 Å². The highest BCUT2D eigenvalue weighted by Crippen LogP contribution is 2.36. The van der Waals surface area contributed by atoms with Gasteiger partial charge in [-0.15, -0.1) is 0 Å². The van der Waals surface area contributed by atoms with E-state index >= 15 is 0 Å². The summed E-state index contributed by atoms with van der Waals surface area (Å²) in [6.07, 6.45) is 4.54. The van der Waals surface area contributed by atoms with Crippen LogP contribution in [-0.2, 0) is 18.3 Å². The normalized spacial score (nSPS) is 15.6. The van der Waals surface area contributed by atoms with E-state index in [4.69, 9.17) is 10.1 Å². The lowest BCUT2D eigenvalue weighted by atomic mass is 9.85. The SMILES string of the molecule is Cn1c(C2CCC2)nc2ccc(CCC(=O)O)cc21. The van der Waals surface area contributed by atoms with Gasteiger partial charge in [0.2, 0.25) is 0 Å². The van der Waals surface area contributed by atoms with E-state index in [1.54, 1.807) is 0 Å². The first-order valence-corrected chi connectivity index (χ1v) is 6.82. The summed E-state index contributed by atoms with van der Waals surface area (Å²) in [5, 5.41) is 8.74. The van der Waals surface area contributed by atoms with Gasteiger partial charge in [-0.25, -0.2) is 4.98 Å². The predicted octanol–water partition coefficient (Wildman–Crippen LogP) is 2.86. The minimum atomic E-state index is -0.750. The zero-order valence-corrected chi connectivity index (χ0v) is 11.1. The van der Waals surface area contributed by atoms with Crippen molar-refractivity contribution < 1.29 is 9.90 Å². The lowest BCUT2D eigenvalue weighted by Crippen LogP contribution is -2.13. The lowest BCUT2D eigenvalue weighted by Gasteiger charge is -2.24. The number of hydrogen-bond donors (Lipinski definition) is 1. The number of hydrogen-bond acceptors (Lipinski definition) is 2. The van der Waals surface area contributed by atoms with E-state index in [1.165, 1.54) is 25.1 Å². The number of benzene rings is 1. The number of carbonyl (C=O) groups is 1. The largest absolute Gasteiger partial charge is 0.481 e. The topological polar surface area (TPSA) is 55.1 Å². The summed E-state index contributed by atoms with van der Waals surface area (Å²) in [6, 6.07) is 6.07. The first kappa shape index (κ1) is 12.2. The van der Waals surface area contributed by atoms with E-state index in [-0.39, 0.29) is 6.42 Å². The molecule has 1 saturated carbocycles. The number of aryl methyl sites for hydroxylation is 2. The van der Waals surface area contributed by atoms with Crippen LogP contribution in [0.5, 0.6) is 0 Å². The van der Waals surface area contributed by atoms with Crippen molar-refractivity contribution in [1.82, 2.24) is 9.55 Å². The monoisotopic (exact) mass is 258 g/mol. The summed E-state index contributed by atoms with van der Waals surface area (Å²) in [7, 11) is 2.06. The molecule has 0 saturated heterocycles. The highest BCUT2D eigenvalue weighted by Gasteiger charge is 2.24. The van der Waals surface area contributed by atoms with Gasteiger partial charge >= 0.3 is 5.97 Å². The second kappa shape index (κ2) is 4.68. The van der Waals surface area contributed by atoms with Crippen molar-refractivity contribution in [1.29, 1.82) is 0 Å². The van der Waals surface area contributed by atoms with Crippen molar-refractivity contribution in [2.75, 3.05) is 0 Å². The average Bonchev–Trinajstić information content (AvgIpc) is 2.62. The van der Waals surface area contributed by atoms with Crippen LogP contribution >= 0.6 is 0 Å². The summed E-state index contributed by atoms with van der Waals surface area (Å²) in [5.41, 5.74) is 3.20. The number of carboxylic acid groups (broad SMARTS) is 1. The maximum Gasteiger partial charge on any atom is 0.303 e. The van der Waals surface area contributed by atoms with E-state index < -0.39 is 5.97 Å². The highest BCUT2D eigenvalue weighted by atomic mass is 16.4. The van der Waals surface area contributed by atoms with Crippen molar-refractivity contribution in [2.45, 2.75) is 38.0 Å². The van der Waals surface area contributed by atoms with Gasteiger partial charge in [-0.3, -0.25) is 4.79 Å². The van der Waals surface area contributed by atoms with Gasteiger partial charge in [-0.05, 0) is 37.0 Å². The minimum Gasteiger partial charge on any atom is -0.481 e. The summed E-state index contributed by atoms with van der Waals surface area (Å²) in [4.78, 5) is 15.3. The molecule has 0 amide bonds. The molecule has 1 fully saturated rings. The summed E-state index contributed by atoms with van der Waals surface area (Å²) in [5.74, 6) is 1.04. The quantitative estimate of drug-likeness (QED) is 0.917. The smallest absolute Gasteiger partial charge is 0.303 e. The predicted molar refractivity (Wildman–Crippen MR) is 73.3 cm³/mol. The Kier molecular flexibility index (Phi) is 3.01. The van der Waals surface area contributed by atoms with Crippen LogP contribution < -0.4 is 0 Å². The maximum absolute atomic E-state index is 10.6. The van der Waals surface area contributed by atoms with Crippen molar-refractivity contribution in [3.05, 3.63) is 29.6 Å². The molecule has 1 N–H and O–H groups in total. The van der Waals surface area contributed by atoms with Crippen LogP contribution in [0.4, 0.5) is 0 Å². The lowest BCUT2D eigenvalue weighted by molar-refractivity contribution is -0.136. The third-order valence-corrected chi connectivity index (χ3v) is 4.08. The molecule has 0 radical (unpaired) electrons. The number of imidazole rings is 1. The Bertz CT molecular complexity index is 626. The van der Waals surface area contributed by atoms with Crippen LogP contribution in [-0.4, -0.2) is 20.6 Å². The summed E-state index contributed by atoms with van der Waals surface area (Å²) < 4.78 is 2.17. The Morgan fingerprint density at radius 1 is 1.47 bits per heavy atom. The zero-order chi connectivity index (χ0) is 13.4. The first-order valence-electron chi connectivity index (χ1n) is 6.82. The third-order valence-electron chi connectivity index (χ3n) is 4.08. The molecule has 0 atom stereocenters. The minimum absolute atomic E-state index is 0.179. The van der Waals surface area contributed by atoms with Crippen molar-refractivity contribution >= 4 is 17.0 Å². The molecule has 4 heteroatoms. The van der Waals surface area contributed by atoms with Crippen LogP contribution in [0, 0.1) is 0 Å². The average molecular weight is 258 g/mol. The molecule has 1 aliphatic rings. The molecule has 3 rings (SSSR count). The standard InChI is InChI=1S/C15H18N2O2/c1-17-13-9-10(6-8-14(18)19)5-7-12(13)16-15(17)11-3-2-4-11/h5,7,9,11H,2-4,6,8H2,1H3,(H,18,19). The first-order chi connectivity index (χ1) is 9.15. The molecule has 0 spiro atoms. The molecule has 19 heavy (non-hydrogen) atoms. The second-order valence-corrected chi connectivity index (χ2v) is 5.37. The number of fused-ring (bicyclic) bond motifs is 1. The summed E-state index contributed by atoms with van der Waals surface area (Å²) in [6.45, 7) is 0. The highest BCUT2D eigenvalue weighted by molar-refractivity contribution is 5.77. The van der Waals surface area contributed by atoms with E-state index in [2.05, 4.69) is 17.7 Å². The molecule has 0 unspecified atom stereocenters. The van der Waals surface area contributed by atoms with Gasteiger partial charge < -0.3 is 9.67 Å². The third kappa shape index (κ3) is 2.23. The fourth-order valence-corrected chi connectivity index (χ4v) is 2.69. The van der Waals surface area contributed by atoms with Gasteiger partial charge in [-0.2, -0.15) is 0 Å². The van der Waals surface area contributed by atoms with Gasteiger partial charge in [0.1, 0.15) is 5.82 Å². The summed E-state index contributed by atoms with van der Waals surface area (Å²) >= 11 is 0. The fraction of sp³-hybridized carbons (Fsp3) is 0.467. The molecule has 1 aromatic heterocycles. The van der Waals surface area contributed by atoms with Crippen LogP contribution in [0.1, 0.15) is 43.0 Å². The molecule has 1 heterocycles. The Hall–Kier alpha value is -1.84. The molecule has 2 aromatic rings. The van der Waals surface area contributed by atoms with Gasteiger partial charge in [0.15, 0.2) is 0 Å². The van der Waals surface area contributed by atoms with Crippen LogP contribution in [0.2, 0.25) is 0 Å². The Morgan fingerprint density at radius 2 is 2.26 bits per heavy atom. The number of aliphatic carboxylic acids is 1. The number of carboxylic acids is 1. The van der Waals surface area contributed by atoms with Crippen molar-refractivity contribution in [3.63, 3.8) is 0 Å². The van der Waals surface area contributed by atoms with Crippen LogP contribution in [0.3, 0.4) is 0 Å². The molecule has 0 aliphatic heterocycles. The van der Waals surface area contributed by atoms with Gasteiger partial charge in [-0.1, -0.05) is 12.5 Å². The van der Waals surface area contributed by atoms with Crippen LogP contribution in [0.25, 0.3) is 11.0 Å². The molecule has 0 bridgehead atoms. The van der Waals surface area contributed by atoms with E-state index in [9.17, 15) is 4.79 Å².